The second-order valence-electron chi connectivity index (χ2n) is 15.3. The lowest BCUT2D eigenvalue weighted by Crippen LogP contribution is -2.33. The first-order chi connectivity index (χ1) is 28.1. The van der Waals surface area contributed by atoms with Gasteiger partial charge in [0.25, 0.3) is 0 Å². The van der Waals surface area contributed by atoms with Gasteiger partial charge in [-0.05, 0) is 121 Å². The molecule has 3 aliphatic rings. The van der Waals surface area contributed by atoms with Gasteiger partial charge >= 0.3 is 0 Å². The molecule has 2 aliphatic carbocycles. The number of nitrogens with one attached hydrogen (secondary N) is 1. The minimum absolute atomic E-state index is 0.225. The van der Waals surface area contributed by atoms with Crippen LogP contribution >= 0.6 is 0 Å². The number of hydrogen-bond donors (Lipinski definition) is 1. The molecule has 0 saturated carbocycles. The Bertz CT molecular complexity index is 2980. The smallest absolute Gasteiger partial charge is 0.159 e. The largest absolute Gasteiger partial charge is 0.344 e. The Balaban J connectivity index is 1.08. The van der Waals surface area contributed by atoms with Crippen molar-refractivity contribution in [3.05, 3.63) is 227 Å². The molecule has 0 bridgehead atoms. The van der Waals surface area contributed by atoms with Gasteiger partial charge in [0.05, 0.1) is 5.41 Å². The van der Waals surface area contributed by atoms with E-state index in [2.05, 4.69) is 194 Å². The molecule has 0 saturated heterocycles. The van der Waals surface area contributed by atoms with E-state index in [1.807, 2.05) is 13.0 Å². The molecule has 57 heavy (non-hydrogen) atoms. The summed E-state index contributed by atoms with van der Waals surface area (Å²) in [4.78, 5) is 10.2. The molecule has 1 atom stereocenters. The van der Waals surface area contributed by atoms with Gasteiger partial charge < -0.3 is 5.32 Å². The molecule has 270 valence electrons. The zero-order valence-corrected chi connectivity index (χ0v) is 31.9. The van der Waals surface area contributed by atoms with Crippen LogP contribution in [0.5, 0.6) is 0 Å². The van der Waals surface area contributed by atoms with Crippen molar-refractivity contribution in [3.63, 3.8) is 0 Å². The Hall–Kier alpha value is -7.10. The maximum Gasteiger partial charge on any atom is 0.159 e. The molecule has 0 fully saturated rings. The number of aliphatic imine (C=N–C) groups is 2. The molecule has 3 heteroatoms. The standard InChI is InChI=1S/C54H39N3/c1-3-34(2)51-55-52(35-17-5-4-6-18-35)57-53(56-51)39-22-16-20-37(32-39)36-19-15-21-38(31-36)45-33-49-50(43-26-8-7-23-40(43)45)44-27-11-14-30-48(44)54(49)46-28-12-9-24-41(46)42-25-10-13-29-47(42)54/h3-33,52H,1-2H3,(H,55,56,57)/b34-3+. The summed E-state index contributed by atoms with van der Waals surface area (Å²) >= 11 is 0. The van der Waals surface area contributed by atoms with E-state index in [4.69, 9.17) is 9.98 Å². The summed E-state index contributed by atoms with van der Waals surface area (Å²) in [6.45, 7) is 4.14. The topological polar surface area (TPSA) is 36.8 Å². The van der Waals surface area contributed by atoms with Crippen LogP contribution in [-0.4, -0.2) is 11.7 Å². The van der Waals surface area contributed by atoms with E-state index >= 15 is 0 Å². The number of allylic oxidation sites excluding steroid dienone is 1. The molecule has 0 amide bonds. The van der Waals surface area contributed by atoms with Crippen LogP contribution in [-0.2, 0) is 5.41 Å². The van der Waals surface area contributed by atoms with Gasteiger partial charge in [0.2, 0.25) is 0 Å². The van der Waals surface area contributed by atoms with Crippen molar-refractivity contribution in [1.82, 2.24) is 5.32 Å². The van der Waals surface area contributed by atoms with Crippen molar-refractivity contribution < 1.29 is 0 Å². The van der Waals surface area contributed by atoms with Crippen molar-refractivity contribution in [2.75, 3.05) is 0 Å². The predicted octanol–water partition coefficient (Wildman–Crippen LogP) is 12.9. The molecule has 1 N–H and O–H groups in total. The van der Waals surface area contributed by atoms with Crippen LogP contribution in [0.1, 0.15) is 53.4 Å². The van der Waals surface area contributed by atoms with E-state index in [-0.39, 0.29) is 6.17 Å². The van der Waals surface area contributed by atoms with Gasteiger partial charge in [-0.25, -0.2) is 9.98 Å². The summed E-state index contributed by atoms with van der Waals surface area (Å²) in [5.74, 6) is 1.57. The Morgan fingerprint density at radius 3 is 1.74 bits per heavy atom. The fourth-order valence-electron chi connectivity index (χ4n) is 9.61. The minimum Gasteiger partial charge on any atom is -0.344 e. The number of nitrogens with zero attached hydrogens (tertiary/aromatic N) is 2. The monoisotopic (exact) mass is 729 g/mol. The third-order valence-electron chi connectivity index (χ3n) is 12.3. The predicted molar refractivity (Wildman–Crippen MR) is 237 cm³/mol. The van der Waals surface area contributed by atoms with Gasteiger partial charge in [-0.3, -0.25) is 0 Å². The first-order valence-electron chi connectivity index (χ1n) is 19.8. The highest BCUT2D eigenvalue weighted by molar-refractivity contribution is 6.13. The van der Waals surface area contributed by atoms with Crippen LogP contribution in [0.4, 0.5) is 0 Å². The average molecular weight is 730 g/mol. The Kier molecular flexibility index (Phi) is 7.58. The minimum atomic E-state index is -0.415. The summed E-state index contributed by atoms with van der Waals surface area (Å²) in [5, 5.41) is 6.09. The maximum atomic E-state index is 5.13. The molecule has 1 spiro atoms. The van der Waals surface area contributed by atoms with E-state index in [1.165, 1.54) is 66.4 Å². The van der Waals surface area contributed by atoms with Gasteiger partial charge in [-0.15, -0.1) is 0 Å². The molecule has 0 radical (unpaired) electrons. The van der Waals surface area contributed by atoms with Crippen LogP contribution in [0.25, 0.3) is 55.3 Å². The van der Waals surface area contributed by atoms with Crippen LogP contribution < -0.4 is 5.32 Å². The molecule has 3 nitrogen and oxygen atoms in total. The Morgan fingerprint density at radius 1 is 0.509 bits per heavy atom. The van der Waals surface area contributed by atoms with Crippen LogP contribution in [0.15, 0.2) is 204 Å². The average Bonchev–Trinajstić information content (AvgIpc) is 3.76. The van der Waals surface area contributed by atoms with Crippen LogP contribution in [0.2, 0.25) is 0 Å². The quantitative estimate of drug-likeness (QED) is 0.188. The first-order valence-corrected chi connectivity index (χ1v) is 19.8. The fraction of sp³-hybridized carbons (Fsp3) is 0.0741. The van der Waals surface area contributed by atoms with E-state index in [0.29, 0.717) is 0 Å². The highest BCUT2D eigenvalue weighted by Gasteiger charge is 2.52. The Labute approximate surface area is 333 Å². The third kappa shape index (κ3) is 4.98. The maximum absolute atomic E-state index is 5.13. The molecule has 8 aromatic carbocycles. The highest BCUT2D eigenvalue weighted by Crippen LogP contribution is 2.64. The lowest BCUT2D eigenvalue weighted by atomic mass is 9.70. The van der Waals surface area contributed by atoms with Crippen molar-refractivity contribution in [1.29, 1.82) is 0 Å². The van der Waals surface area contributed by atoms with E-state index in [1.54, 1.807) is 0 Å². The lowest BCUT2D eigenvalue weighted by molar-refractivity contribution is 0.673. The van der Waals surface area contributed by atoms with Gasteiger partial charge in [-0.2, -0.15) is 0 Å². The highest BCUT2D eigenvalue weighted by atomic mass is 15.2. The van der Waals surface area contributed by atoms with Gasteiger partial charge in [0.1, 0.15) is 12.0 Å². The molecule has 8 aromatic rings. The van der Waals surface area contributed by atoms with Crippen molar-refractivity contribution in [2.45, 2.75) is 25.4 Å². The summed E-state index contributed by atoms with van der Waals surface area (Å²) in [7, 11) is 0. The molecule has 1 unspecified atom stereocenters. The van der Waals surface area contributed by atoms with Crippen LogP contribution in [0.3, 0.4) is 0 Å². The number of benzene rings is 8. The number of amidine groups is 2. The van der Waals surface area contributed by atoms with E-state index in [0.717, 1.165) is 39.5 Å². The third-order valence-corrected chi connectivity index (χ3v) is 12.3. The Morgan fingerprint density at radius 2 is 1.05 bits per heavy atom. The number of rotatable bonds is 5. The van der Waals surface area contributed by atoms with E-state index in [9.17, 15) is 0 Å². The normalized spacial score (nSPS) is 16.0. The van der Waals surface area contributed by atoms with Gasteiger partial charge in [0.15, 0.2) is 5.84 Å². The first kappa shape index (κ1) is 33.3. The second kappa shape index (κ2) is 13.0. The van der Waals surface area contributed by atoms with Gasteiger partial charge in [0, 0.05) is 5.56 Å². The zero-order valence-electron chi connectivity index (χ0n) is 31.9. The fourth-order valence-corrected chi connectivity index (χ4v) is 9.61. The van der Waals surface area contributed by atoms with Gasteiger partial charge in [-0.1, -0.05) is 170 Å². The summed E-state index contributed by atoms with van der Waals surface area (Å²) in [6, 6.07) is 66.7. The lowest BCUT2D eigenvalue weighted by Gasteiger charge is -2.31. The molecular weight excluding hydrogens is 691 g/mol. The summed E-state index contributed by atoms with van der Waals surface area (Å²) in [6.07, 6.45) is 1.86. The zero-order chi connectivity index (χ0) is 38.1. The van der Waals surface area contributed by atoms with Crippen LogP contribution in [0, 0.1) is 0 Å². The van der Waals surface area contributed by atoms with Crippen molar-refractivity contribution >= 4 is 22.4 Å². The number of hydrogen-bond acceptors (Lipinski definition) is 3. The van der Waals surface area contributed by atoms with E-state index < -0.39 is 5.41 Å². The molecule has 1 heterocycles. The summed E-state index contributed by atoms with van der Waals surface area (Å²) < 4.78 is 0. The molecule has 1 aliphatic heterocycles. The molecule has 0 aromatic heterocycles. The second-order valence-corrected chi connectivity index (χ2v) is 15.3. The van der Waals surface area contributed by atoms with Crippen molar-refractivity contribution in [2.24, 2.45) is 9.98 Å². The molecular formula is C54H39N3. The SMILES string of the molecule is C/C=C(\C)C1=NC(c2cccc(-c3cccc(-c4cc5c(c6ccccc46)-c4ccccc4C54c5ccccc5-c5ccccc54)c3)c2)=NC(c2ccccc2)N1. The number of fused-ring (bicyclic) bond motifs is 12. The summed E-state index contributed by atoms with van der Waals surface area (Å²) in [5.41, 5.74) is 18.2. The molecule has 11 rings (SSSR count). The van der Waals surface area contributed by atoms with Crippen molar-refractivity contribution in [3.8, 4) is 44.5 Å².